The number of aliphatic imine (C=N–C) groups is 2. The van der Waals surface area contributed by atoms with Gasteiger partial charge in [0.15, 0.2) is 11.9 Å². The molecule has 0 aromatic heterocycles. The first-order valence-electron chi connectivity index (χ1n) is 45.3. The lowest BCUT2D eigenvalue weighted by molar-refractivity contribution is -0.142. The summed E-state index contributed by atoms with van der Waals surface area (Å²) in [6.45, 7) is 14.2. The third-order valence-electron chi connectivity index (χ3n) is 22.7. The second-order valence-corrected chi connectivity index (χ2v) is 36.2. The monoisotopic (exact) mass is 1960 g/mol. The lowest BCUT2D eigenvalue weighted by atomic mass is 9.95. The second kappa shape index (κ2) is 59.5. The van der Waals surface area contributed by atoms with E-state index in [9.17, 15) is 107 Å². The number of carbonyl (C=O) groups is 16. The number of aliphatic carboxylic acids is 1. The van der Waals surface area contributed by atoms with Crippen molar-refractivity contribution in [3.63, 3.8) is 0 Å². The molecule has 764 valence electrons. The number of guanidine groups is 2. The van der Waals surface area contributed by atoms with E-state index in [1.165, 1.54) is 69.3 Å². The zero-order valence-electron chi connectivity index (χ0n) is 78.7. The summed E-state index contributed by atoms with van der Waals surface area (Å²) < 4.78 is -1.53. The number of aliphatic hydroxyl groups is 3. The van der Waals surface area contributed by atoms with Crippen molar-refractivity contribution in [3.8, 4) is 11.5 Å². The van der Waals surface area contributed by atoms with Gasteiger partial charge in [-0.05, 0) is 171 Å². The van der Waals surface area contributed by atoms with Gasteiger partial charge in [-0.1, -0.05) is 78.6 Å². The number of carboxylic acids is 1. The summed E-state index contributed by atoms with van der Waals surface area (Å²) in [6, 6.07) is -13.7. The number of hydrogen-bond donors (Lipinski definition) is 31. The summed E-state index contributed by atoms with van der Waals surface area (Å²) in [4.78, 5) is 237. The van der Waals surface area contributed by atoms with E-state index in [-0.39, 0.29) is 165 Å². The number of nitrogens with two attached hydrogens (primary N) is 9. The molecule has 1 saturated heterocycles. The minimum absolute atomic E-state index is 0.0141. The summed E-state index contributed by atoms with van der Waals surface area (Å²) in [5, 5.41) is 98.5. The Morgan fingerprint density at radius 1 is 0.434 bits per heavy atom. The van der Waals surface area contributed by atoms with Crippen molar-refractivity contribution in [2.75, 3.05) is 51.6 Å². The Balaban J connectivity index is 1.93. The number of rotatable bonds is 61. The number of likely N-dealkylation sites (tertiary alicyclic amines) is 1. The summed E-state index contributed by atoms with van der Waals surface area (Å²) in [5.41, 5.74) is 52.8. The number of phenols is 2. The summed E-state index contributed by atoms with van der Waals surface area (Å²) in [6.07, 6.45) is -5.73. The Morgan fingerprint density at radius 2 is 0.757 bits per heavy atom. The van der Waals surface area contributed by atoms with Crippen LogP contribution in [0, 0.1) is 17.8 Å². The average molecular weight is 1960 g/mol. The third-order valence-corrected chi connectivity index (χ3v) is 23.3. The highest BCUT2D eigenvalue weighted by atomic mass is 32.1. The van der Waals surface area contributed by atoms with Crippen LogP contribution in [0.4, 0.5) is 0 Å². The minimum Gasteiger partial charge on any atom is -0.508 e. The Morgan fingerprint density at radius 3 is 1.12 bits per heavy atom. The van der Waals surface area contributed by atoms with Crippen molar-refractivity contribution in [1.82, 2.24) is 79.3 Å². The van der Waals surface area contributed by atoms with Crippen LogP contribution in [0.1, 0.15) is 164 Å². The predicted octanol–water partition coefficient (Wildman–Crippen LogP) is -8.53. The fourth-order valence-electron chi connectivity index (χ4n) is 14.2. The van der Waals surface area contributed by atoms with E-state index in [0.29, 0.717) is 17.5 Å². The molecule has 50 heteroatoms. The molecule has 48 nitrogen and oxygen atoms in total. The Labute approximate surface area is 801 Å². The fourth-order valence-corrected chi connectivity index (χ4v) is 14.6. The molecule has 1 heterocycles. The van der Waals surface area contributed by atoms with Crippen LogP contribution in [0.5, 0.6) is 11.5 Å². The number of β-amino-alcohol motifs (C(OH)–C–C–N with tert-alkyl or cyclic N) is 1. The van der Waals surface area contributed by atoms with Crippen LogP contribution < -0.4 is 126 Å². The van der Waals surface area contributed by atoms with Gasteiger partial charge in [-0.2, -0.15) is 25.3 Å². The fraction of sp³-hybridized carbons (Fsp3) is 0.651. The van der Waals surface area contributed by atoms with Crippen LogP contribution in [0.2, 0.25) is 0 Å². The smallest absolute Gasteiger partial charge is 0.326 e. The summed E-state index contributed by atoms with van der Waals surface area (Å²) in [5.74, 6) is -19.3. The van der Waals surface area contributed by atoms with E-state index in [1.807, 2.05) is 0 Å². The van der Waals surface area contributed by atoms with E-state index >= 15 is 0 Å². The molecule has 0 aliphatic carbocycles. The number of thiol groups is 2. The van der Waals surface area contributed by atoms with Crippen molar-refractivity contribution < 1.29 is 107 Å². The van der Waals surface area contributed by atoms with Crippen LogP contribution in [-0.2, 0) is 89.6 Å². The highest BCUT2D eigenvalue weighted by Crippen LogP contribution is 2.25. The number of aliphatic hydroxyl groups excluding tert-OH is 3. The van der Waals surface area contributed by atoms with E-state index in [2.05, 4.69) is 110 Å². The van der Waals surface area contributed by atoms with Crippen LogP contribution in [0.15, 0.2) is 58.5 Å². The van der Waals surface area contributed by atoms with Gasteiger partial charge in [-0.25, -0.2) is 4.79 Å². The van der Waals surface area contributed by atoms with Gasteiger partial charge >= 0.3 is 5.97 Å². The first kappa shape index (κ1) is 119. The highest BCUT2D eigenvalue weighted by molar-refractivity contribution is 7.81. The number of aromatic hydroxyl groups is 2. The first-order valence-corrected chi connectivity index (χ1v) is 46.4. The maximum Gasteiger partial charge on any atom is 0.326 e. The molecule has 0 saturated carbocycles. The van der Waals surface area contributed by atoms with Gasteiger partial charge in [0.05, 0.1) is 24.4 Å². The molecule has 0 unspecified atom stereocenters. The van der Waals surface area contributed by atoms with Gasteiger partial charge in [0.1, 0.15) is 102 Å². The number of carboxylic acid groups (broad SMARTS) is 1. The maximum atomic E-state index is 15.0. The molecule has 0 bridgehead atoms. The number of hydrogen-bond acceptors (Lipinski definition) is 30. The molecule has 0 radical (unpaired) electrons. The second-order valence-electron chi connectivity index (χ2n) is 34.7. The van der Waals surface area contributed by atoms with Gasteiger partial charge in [-0.3, -0.25) is 81.9 Å². The SMILES string of the molecule is CC[C@H](C)[C@H](NC(=O)[C@@H](NC(=O)[C@H](Cc1ccc(O)cc1)NC(=O)[C@@H](NC(=O)[C@@H](NC(=O)[C@@H]1C[C@@H](O)CN1C(=O)[C@@H](N)C(C)C)[C@@H](C)CC)[C@@H](C)O)C(C)(C)S)C(=O)N[C@@H](CCCN=C(N)N)C(=O)N[C@@H](CCN)C(=O)N[C@H](C(=O)N[C@H](CCN)C(=O)N[C@@H](CCCCN)C(=O)N[C@@H](CS)C(=O)N[C@@H](CCN)C(=O)N[C@@H](CCCN=C(N)N)C(=O)N[C@@H](Cc1ccc(O)cc1)C(=O)O)[C@@H](C)O. The van der Waals surface area contributed by atoms with E-state index in [4.69, 9.17) is 51.6 Å². The standard InChI is InChI=1S/C86H146N26O22S2/c1-11-43(5)63(108-81(131)67(86(9,10)136)111-74(124)58(37-47-20-24-49(115)25-21-47)104-80(130)66(46(8)114)110-78(128)64(44(6)12-2)107-76(126)61-39-51(117)40-112(61)82(132)62(91)42(3)4)77(127)102-54(19-16-36-97-85(94)95)68(118)100-57(30-34-90)73(123)109-65(45(7)113)79(129)103-56(29-33-89)72(122)98-52(17-13-14-31-87)70(120)106-60(41-135)75(125)101-55(28-32-88)71(121)99-53(18-15-35-96-84(92)93)69(119)105-59(83(133)134)38-48-22-26-50(116)27-23-48/h20-27,42-46,51-67,113-117,135-136H,11-19,28-41,87-91H2,1-10H3,(H,98,122)(H,99,121)(H,100,118)(H,101,125)(H,102,127)(H,103,129)(H,104,130)(H,105,119)(H,106,120)(H,107,126)(H,108,131)(H,109,123)(H,110,128)(H,111,124)(H,133,134)(H4,92,93,96)(H4,94,95,97)/t43-,44-,45+,46+,51+,52-,53-,54-,55-,56+,57-,58-,59-,60-,61-,62-,63-,64-,65-,66-,67+/m0/s1. The highest BCUT2D eigenvalue weighted by Gasteiger charge is 2.46. The van der Waals surface area contributed by atoms with E-state index in [1.54, 1.807) is 41.5 Å². The van der Waals surface area contributed by atoms with Gasteiger partial charge < -0.3 is 162 Å². The van der Waals surface area contributed by atoms with Gasteiger partial charge in [-0.15, -0.1) is 0 Å². The topological polar surface area (TPSA) is 825 Å². The average Bonchev–Trinajstić information content (AvgIpc) is 1.60. The lowest BCUT2D eigenvalue weighted by Gasteiger charge is -2.34. The third kappa shape index (κ3) is 40.0. The molecular weight excluding hydrogens is 1810 g/mol. The quantitative estimate of drug-likeness (QED) is 0.0127. The van der Waals surface area contributed by atoms with Crippen molar-refractivity contribution >= 4 is 132 Å². The zero-order chi connectivity index (χ0) is 103. The molecule has 15 amide bonds. The number of phenolic OH excluding ortho intramolecular Hbond substituents is 2. The molecule has 3 rings (SSSR count). The molecule has 2 aromatic rings. The molecule has 0 spiro atoms. The minimum atomic E-state index is -1.93. The van der Waals surface area contributed by atoms with Crippen LogP contribution in [0.25, 0.3) is 0 Å². The number of amides is 15. The van der Waals surface area contributed by atoms with Crippen molar-refractivity contribution in [2.24, 2.45) is 79.3 Å². The van der Waals surface area contributed by atoms with E-state index in [0.717, 1.165) is 11.8 Å². The van der Waals surface area contributed by atoms with Crippen molar-refractivity contribution in [2.45, 2.75) is 285 Å². The van der Waals surface area contributed by atoms with Crippen LogP contribution in [-0.4, -0.2) is 313 Å². The zero-order valence-corrected chi connectivity index (χ0v) is 80.5. The van der Waals surface area contributed by atoms with Crippen LogP contribution >= 0.6 is 25.3 Å². The normalized spacial score (nSPS) is 17.3. The van der Waals surface area contributed by atoms with Crippen molar-refractivity contribution in [3.05, 3.63) is 59.7 Å². The Kier molecular flexibility index (Phi) is 51.9. The summed E-state index contributed by atoms with van der Waals surface area (Å²) in [7, 11) is 0. The number of carbonyl (C=O) groups excluding carboxylic acids is 15. The summed E-state index contributed by atoms with van der Waals surface area (Å²) >= 11 is 8.97. The molecule has 136 heavy (non-hydrogen) atoms. The van der Waals surface area contributed by atoms with Gasteiger partial charge in [0, 0.05) is 49.4 Å². The first-order chi connectivity index (χ1) is 63.9. The van der Waals surface area contributed by atoms with Crippen LogP contribution in [0.3, 0.4) is 0 Å². The molecular formula is C86H146N26O22S2. The largest absolute Gasteiger partial charge is 0.508 e. The molecule has 1 aliphatic heterocycles. The predicted molar refractivity (Wildman–Crippen MR) is 510 cm³/mol. The number of benzene rings is 2. The lowest BCUT2D eigenvalue weighted by Crippen LogP contribution is -2.65. The number of nitrogens with one attached hydrogen (secondary N) is 14. The van der Waals surface area contributed by atoms with Gasteiger partial charge in [0.25, 0.3) is 0 Å². The van der Waals surface area contributed by atoms with Crippen molar-refractivity contribution in [1.29, 1.82) is 0 Å². The number of unbranched alkanes of at least 4 members (excludes halogenated alkanes) is 1. The maximum absolute atomic E-state index is 15.0. The van der Waals surface area contributed by atoms with E-state index < -0.39 is 232 Å². The Bertz CT molecular complexity index is 4340. The molecule has 2 aromatic carbocycles. The molecule has 21 atom stereocenters. The molecule has 38 N–H and O–H groups in total. The Hall–Kier alpha value is -11.5. The molecule has 1 aliphatic rings. The van der Waals surface area contributed by atoms with Gasteiger partial charge in [0.2, 0.25) is 88.6 Å². The number of nitrogens with zero attached hydrogens (tertiary/aromatic N) is 3. The molecule has 1 fully saturated rings.